The fraction of sp³-hybridized carbons (Fsp3) is 0.480. The summed E-state index contributed by atoms with van der Waals surface area (Å²) in [6.45, 7) is 2.26. The molecule has 2 atom stereocenters. The van der Waals surface area contributed by atoms with Gasteiger partial charge in [-0.05, 0) is 37.8 Å². The molecule has 0 aromatic carbocycles. The molecule has 1 aliphatic carbocycles. The van der Waals surface area contributed by atoms with Crippen LogP contribution in [0.1, 0.15) is 60.9 Å². The number of aliphatic imine (C=N–C) groups is 1. The van der Waals surface area contributed by atoms with E-state index in [1.54, 1.807) is 0 Å². The van der Waals surface area contributed by atoms with E-state index in [4.69, 9.17) is 0 Å². The Bertz CT molecular complexity index is 1490. The molecule has 4 heterocycles. The Kier molecular flexibility index (Phi) is 7.23. The minimum Gasteiger partial charge on any atom is -0.319 e. The highest BCUT2D eigenvalue weighted by atomic mass is 19.4. The second-order valence-electron chi connectivity index (χ2n) is 9.84. The molecule has 3 aromatic heterocycles. The van der Waals surface area contributed by atoms with E-state index in [1.165, 1.54) is 33.9 Å². The van der Waals surface area contributed by atoms with Crippen LogP contribution in [0.2, 0.25) is 0 Å². The van der Waals surface area contributed by atoms with Crippen molar-refractivity contribution in [3.8, 4) is 0 Å². The maximum absolute atomic E-state index is 13.9. The van der Waals surface area contributed by atoms with Crippen LogP contribution in [-0.2, 0) is 17.8 Å². The number of aromatic nitrogens is 6. The number of imidazole rings is 1. The van der Waals surface area contributed by atoms with Crippen molar-refractivity contribution in [3.63, 3.8) is 0 Å². The molecular formula is C25H25F5N8O2. The Hall–Kier alpha value is -4.04. The van der Waals surface area contributed by atoms with Crippen molar-refractivity contribution in [1.82, 2.24) is 34.7 Å². The molecule has 0 spiro atoms. The molecule has 0 radical (unpaired) electrons. The summed E-state index contributed by atoms with van der Waals surface area (Å²) < 4.78 is 70.0. The summed E-state index contributed by atoms with van der Waals surface area (Å²) in [5, 5.41) is 11.3. The zero-order chi connectivity index (χ0) is 28.7. The van der Waals surface area contributed by atoms with Gasteiger partial charge in [-0.2, -0.15) is 23.4 Å². The lowest BCUT2D eigenvalue weighted by molar-refractivity contribution is -0.160. The maximum atomic E-state index is 13.9. The van der Waals surface area contributed by atoms with E-state index in [0.717, 1.165) is 0 Å². The van der Waals surface area contributed by atoms with Crippen molar-refractivity contribution in [2.24, 2.45) is 16.8 Å². The molecule has 1 saturated carbocycles. The fourth-order valence-electron chi connectivity index (χ4n) is 4.87. The standard InChI is InChI=1S/C25H25F5N8O2/c1-2-37-19(5-8-33-37)22(40)35-20(14-3-6-24(26,27)7-4-14)18-13-38-23(34-18)32-12-17(36-38)10-15-9-16(25(28,29)30)11-31-21(15)39/h5,8,11-13,15-16H,2-4,6-7,9-10H2,1H3,(H,35,40)/t15-,16-/m1/s1. The number of nitrogens with one attached hydrogen (secondary N) is 1. The summed E-state index contributed by atoms with van der Waals surface area (Å²) in [5.41, 5.74) is 1.62. The zero-order valence-electron chi connectivity index (χ0n) is 21.3. The number of carbonyl (C=O) groups excluding carboxylic acids is 2. The smallest absolute Gasteiger partial charge is 0.319 e. The molecule has 10 nitrogen and oxygen atoms in total. The van der Waals surface area contributed by atoms with Crippen molar-refractivity contribution < 1.29 is 31.5 Å². The summed E-state index contributed by atoms with van der Waals surface area (Å²) in [6, 6.07) is 1.54. The lowest BCUT2D eigenvalue weighted by Crippen LogP contribution is -2.34. The van der Waals surface area contributed by atoms with Gasteiger partial charge in [0.2, 0.25) is 11.8 Å². The fourth-order valence-corrected chi connectivity index (χ4v) is 4.87. The average molecular weight is 565 g/mol. The van der Waals surface area contributed by atoms with Crippen LogP contribution in [-0.4, -0.2) is 59.5 Å². The third-order valence-electron chi connectivity index (χ3n) is 7.06. The minimum atomic E-state index is -4.51. The number of carbonyl (C=O) groups is 2. The van der Waals surface area contributed by atoms with Crippen LogP contribution in [0.25, 0.3) is 11.5 Å². The van der Waals surface area contributed by atoms with Gasteiger partial charge < -0.3 is 5.32 Å². The second kappa shape index (κ2) is 10.5. The Labute approximate surface area is 224 Å². The molecule has 0 unspecified atom stereocenters. The predicted octanol–water partition coefficient (Wildman–Crippen LogP) is 4.03. The SMILES string of the molecule is CCn1nccc1C(=O)NC(=C1CCC(F)(F)CC1)c1cn2nc(C[C@H]3C[C@@H](C(F)(F)F)C=NC3=O)cnc2n1. The highest BCUT2D eigenvalue weighted by Crippen LogP contribution is 2.38. The molecule has 1 aliphatic heterocycles. The molecule has 0 bridgehead atoms. The van der Waals surface area contributed by atoms with Gasteiger partial charge in [0.25, 0.3) is 11.7 Å². The molecule has 1 fully saturated rings. The van der Waals surface area contributed by atoms with E-state index in [-0.39, 0.29) is 60.7 Å². The van der Waals surface area contributed by atoms with Crippen LogP contribution in [0, 0.1) is 11.8 Å². The topological polar surface area (TPSA) is 119 Å². The average Bonchev–Trinajstić information content (AvgIpc) is 3.55. The largest absolute Gasteiger partial charge is 0.396 e. The van der Waals surface area contributed by atoms with Crippen molar-refractivity contribution in [1.29, 1.82) is 0 Å². The number of allylic oxidation sites excluding steroid dienone is 1. The molecule has 40 heavy (non-hydrogen) atoms. The molecule has 2 aliphatic rings. The van der Waals surface area contributed by atoms with Crippen molar-refractivity contribution >= 4 is 29.5 Å². The predicted molar refractivity (Wildman–Crippen MR) is 131 cm³/mol. The van der Waals surface area contributed by atoms with Gasteiger partial charge in [-0.15, -0.1) is 0 Å². The number of rotatable bonds is 6. The van der Waals surface area contributed by atoms with Gasteiger partial charge in [0.1, 0.15) is 11.4 Å². The van der Waals surface area contributed by atoms with Gasteiger partial charge in [-0.3, -0.25) is 14.3 Å². The quantitative estimate of drug-likeness (QED) is 0.452. The number of hydrogen-bond acceptors (Lipinski definition) is 6. The molecular weight excluding hydrogens is 539 g/mol. The number of amides is 2. The van der Waals surface area contributed by atoms with Gasteiger partial charge in [0, 0.05) is 44.1 Å². The summed E-state index contributed by atoms with van der Waals surface area (Å²) >= 11 is 0. The molecule has 2 amide bonds. The van der Waals surface area contributed by atoms with E-state index in [1.807, 2.05) is 6.92 Å². The number of nitrogens with zero attached hydrogens (tertiary/aromatic N) is 7. The summed E-state index contributed by atoms with van der Waals surface area (Å²) in [7, 11) is 0. The molecule has 1 N–H and O–H groups in total. The van der Waals surface area contributed by atoms with Crippen LogP contribution < -0.4 is 5.32 Å². The third kappa shape index (κ3) is 5.77. The number of aryl methyl sites for hydroxylation is 1. The number of alkyl halides is 5. The van der Waals surface area contributed by atoms with Gasteiger partial charge >= 0.3 is 6.18 Å². The Morgan fingerprint density at radius 1 is 1.23 bits per heavy atom. The first-order valence-corrected chi connectivity index (χ1v) is 12.7. The Morgan fingerprint density at radius 2 is 1.98 bits per heavy atom. The van der Waals surface area contributed by atoms with Crippen molar-refractivity contribution in [2.75, 3.05) is 0 Å². The third-order valence-corrected chi connectivity index (χ3v) is 7.06. The van der Waals surface area contributed by atoms with E-state index in [9.17, 15) is 31.5 Å². The first-order valence-electron chi connectivity index (χ1n) is 12.7. The second-order valence-corrected chi connectivity index (χ2v) is 9.84. The number of fused-ring (bicyclic) bond motifs is 1. The van der Waals surface area contributed by atoms with Gasteiger partial charge in [0.15, 0.2) is 0 Å². The number of halogens is 5. The normalized spacial score (nSPS) is 21.1. The van der Waals surface area contributed by atoms with E-state index < -0.39 is 42.2 Å². The minimum absolute atomic E-state index is 0.0420. The first-order chi connectivity index (χ1) is 18.9. The number of hydrogen-bond donors (Lipinski definition) is 1. The molecule has 15 heteroatoms. The van der Waals surface area contributed by atoms with Gasteiger partial charge in [-0.1, -0.05) is 0 Å². The maximum Gasteiger partial charge on any atom is 0.396 e. The zero-order valence-corrected chi connectivity index (χ0v) is 21.3. The van der Waals surface area contributed by atoms with Crippen molar-refractivity contribution in [3.05, 3.63) is 47.3 Å². The lowest BCUT2D eigenvalue weighted by Gasteiger charge is -2.25. The van der Waals surface area contributed by atoms with Crippen LogP contribution in [0.15, 0.2) is 35.2 Å². The van der Waals surface area contributed by atoms with E-state index in [2.05, 4.69) is 30.5 Å². The van der Waals surface area contributed by atoms with Crippen LogP contribution in [0.4, 0.5) is 22.0 Å². The lowest BCUT2D eigenvalue weighted by atomic mass is 9.88. The van der Waals surface area contributed by atoms with Gasteiger partial charge in [0.05, 0.1) is 29.7 Å². The van der Waals surface area contributed by atoms with Crippen LogP contribution >= 0.6 is 0 Å². The Morgan fingerprint density at radius 3 is 2.67 bits per heavy atom. The molecule has 3 aromatic rings. The highest BCUT2D eigenvalue weighted by molar-refractivity contribution is 5.98. The van der Waals surface area contributed by atoms with Crippen molar-refractivity contribution in [2.45, 2.75) is 64.1 Å². The monoisotopic (exact) mass is 564 g/mol. The van der Waals surface area contributed by atoms with E-state index in [0.29, 0.717) is 18.3 Å². The Balaban J connectivity index is 1.44. The molecule has 0 saturated heterocycles. The van der Waals surface area contributed by atoms with Crippen LogP contribution in [0.3, 0.4) is 0 Å². The highest BCUT2D eigenvalue weighted by Gasteiger charge is 2.43. The summed E-state index contributed by atoms with van der Waals surface area (Å²) in [6.07, 6.45) is -0.852. The summed E-state index contributed by atoms with van der Waals surface area (Å²) in [4.78, 5) is 37.3. The molecule has 5 rings (SSSR count). The molecule has 212 valence electrons. The van der Waals surface area contributed by atoms with E-state index >= 15 is 0 Å². The first kappa shape index (κ1) is 27.5. The summed E-state index contributed by atoms with van der Waals surface area (Å²) in [5.74, 6) is -6.68. The van der Waals surface area contributed by atoms with Gasteiger partial charge in [-0.25, -0.2) is 28.3 Å². The van der Waals surface area contributed by atoms with Crippen LogP contribution in [0.5, 0.6) is 0 Å².